The molecule has 1 aromatic rings. The summed E-state index contributed by atoms with van der Waals surface area (Å²) in [5, 5.41) is 9.59. The number of methoxy groups -OCH3 is 1. The molecule has 0 saturated heterocycles. The fourth-order valence-electron chi connectivity index (χ4n) is 1.37. The van der Waals surface area contributed by atoms with Crippen LogP contribution < -0.4 is 10.5 Å². The van der Waals surface area contributed by atoms with E-state index in [1.807, 2.05) is 0 Å². The van der Waals surface area contributed by atoms with Gasteiger partial charge in [0.2, 0.25) is 0 Å². The Bertz CT molecular complexity index is 527. The number of phenolic OH excluding ortho intramolecular Hbond substituents is 1. The third kappa shape index (κ3) is 3.72. The van der Waals surface area contributed by atoms with Crippen LogP contribution in [-0.4, -0.2) is 24.3 Å². The van der Waals surface area contributed by atoms with Gasteiger partial charge in [-0.15, -0.1) is 12.4 Å². The molecule has 0 spiro atoms. The summed E-state index contributed by atoms with van der Waals surface area (Å²) < 4.78 is 67.8. The van der Waals surface area contributed by atoms with Crippen molar-refractivity contribution in [3.8, 4) is 11.5 Å². The Morgan fingerprint density at radius 1 is 1.19 bits per heavy atom. The number of benzene rings is 1. The van der Waals surface area contributed by atoms with Gasteiger partial charge >= 0.3 is 12.1 Å². The zero-order valence-corrected chi connectivity index (χ0v) is 14.1. The largest absolute Gasteiger partial charge is 0.503 e. The number of rotatable bonds is 3. The van der Waals surface area contributed by atoms with E-state index in [1.165, 1.54) is 0 Å². The van der Waals surface area contributed by atoms with Crippen LogP contribution in [0.2, 0.25) is 0 Å². The minimum Gasteiger partial charge on any atom is -0.503 e. The first kappa shape index (κ1) is 20.7. The lowest BCUT2D eigenvalue weighted by Crippen LogP contribution is -2.46. The monoisotopic (exact) mass is 463 g/mol. The van der Waals surface area contributed by atoms with E-state index in [2.05, 4.69) is 36.6 Å². The van der Waals surface area contributed by atoms with Crippen LogP contribution in [-0.2, 0) is 0 Å². The van der Waals surface area contributed by atoms with E-state index < -0.39 is 29.5 Å². The SMILES string of the molecule is COc1cc([C@H](N)C(F)(F)C(F)(F)F)c(Br)c(Br)c1O.Cl. The smallest absolute Gasteiger partial charge is 0.455 e. The van der Waals surface area contributed by atoms with Crippen LogP contribution in [0.1, 0.15) is 11.6 Å². The normalized spacial score (nSPS) is 13.6. The van der Waals surface area contributed by atoms with Gasteiger partial charge in [0, 0.05) is 4.47 Å². The number of hydrogen-bond acceptors (Lipinski definition) is 3. The molecule has 0 bridgehead atoms. The lowest BCUT2D eigenvalue weighted by Gasteiger charge is -2.27. The number of phenols is 1. The molecule has 0 amide bonds. The molecular formula is C10H9Br2ClF5NO2. The second kappa shape index (κ2) is 6.84. The van der Waals surface area contributed by atoms with Crippen LogP contribution in [0, 0.1) is 0 Å². The standard InChI is InChI=1S/C10H8Br2F5NO2.ClH/c1-20-4-2-3(5(11)6(12)7(4)19)8(18)9(13,14)10(15,16)17;/h2,8,19H,18H2,1H3;1H/t8-;/m0./s1. The Kier molecular flexibility index (Phi) is 6.74. The maximum Gasteiger partial charge on any atom is 0.455 e. The fraction of sp³-hybridized carbons (Fsp3) is 0.400. The van der Waals surface area contributed by atoms with Gasteiger partial charge in [-0.25, -0.2) is 0 Å². The second-order valence-electron chi connectivity index (χ2n) is 3.74. The van der Waals surface area contributed by atoms with Gasteiger partial charge in [-0.3, -0.25) is 0 Å². The Hall–Kier alpha value is -0.320. The van der Waals surface area contributed by atoms with E-state index in [0.717, 1.165) is 13.2 Å². The maximum atomic E-state index is 13.3. The zero-order chi connectivity index (χ0) is 15.9. The molecule has 0 aliphatic carbocycles. The first-order chi connectivity index (χ1) is 8.95. The van der Waals surface area contributed by atoms with Crippen molar-refractivity contribution in [2.45, 2.75) is 18.1 Å². The number of ether oxygens (including phenoxy) is 1. The summed E-state index contributed by atoms with van der Waals surface area (Å²) in [6.07, 6.45) is -5.80. The predicted octanol–water partition coefficient (Wildman–Crippen LogP) is 4.55. The molecule has 3 N–H and O–H groups in total. The first-order valence-electron chi connectivity index (χ1n) is 4.90. The van der Waals surface area contributed by atoms with Crippen molar-refractivity contribution < 1.29 is 31.8 Å². The molecule has 0 aromatic heterocycles. The van der Waals surface area contributed by atoms with E-state index >= 15 is 0 Å². The van der Waals surface area contributed by atoms with Crippen LogP contribution in [0.25, 0.3) is 0 Å². The molecule has 1 rings (SSSR count). The van der Waals surface area contributed by atoms with Gasteiger partial charge in [0.05, 0.1) is 11.6 Å². The Balaban J connectivity index is 0.00000400. The van der Waals surface area contributed by atoms with Crippen molar-refractivity contribution in [1.82, 2.24) is 0 Å². The average molecular weight is 465 g/mol. The molecule has 0 aliphatic rings. The summed E-state index contributed by atoms with van der Waals surface area (Å²) in [5.74, 6) is -5.88. The minimum absolute atomic E-state index is 0. The van der Waals surface area contributed by atoms with Crippen molar-refractivity contribution in [1.29, 1.82) is 0 Å². The van der Waals surface area contributed by atoms with Gasteiger partial charge in [-0.2, -0.15) is 22.0 Å². The summed E-state index contributed by atoms with van der Waals surface area (Å²) >= 11 is 5.66. The summed E-state index contributed by atoms with van der Waals surface area (Å²) in [4.78, 5) is 0. The second-order valence-corrected chi connectivity index (χ2v) is 5.33. The van der Waals surface area contributed by atoms with Gasteiger partial charge in [-0.05, 0) is 43.5 Å². The summed E-state index contributed by atoms with van der Waals surface area (Å²) in [6, 6.07) is -1.85. The third-order valence-corrected chi connectivity index (χ3v) is 4.66. The number of alkyl halides is 5. The lowest BCUT2D eigenvalue weighted by atomic mass is 10.0. The molecule has 3 nitrogen and oxygen atoms in total. The number of halogens is 8. The van der Waals surface area contributed by atoms with Crippen LogP contribution in [0.3, 0.4) is 0 Å². The molecule has 0 radical (unpaired) electrons. The third-order valence-electron chi connectivity index (χ3n) is 2.50. The van der Waals surface area contributed by atoms with Gasteiger partial charge in [0.25, 0.3) is 0 Å². The predicted molar refractivity (Wildman–Crippen MR) is 75.2 cm³/mol. The summed E-state index contributed by atoms with van der Waals surface area (Å²) in [7, 11) is 1.12. The van der Waals surface area contributed by atoms with Gasteiger partial charge < -0.3 is 15.6 Å². The Labute approximate surface area is 139 Å². The summed E-state index contributed by atoms with van der Waals surface area (Å²) in [5.41, 5.74) is 4.48. The molecule has 21 heavy (non-hydrogen) atoms. The lowest BCUT2D eigenvalue weighted by molar-refractivity contribution is -0.291. The van der Waals surface area contributed by atoms with Crippen molar-refractivity contribution >= 4 is 44.3 Å². The Morgan fingerprint density at radius 2 is 1.67 bits per heavy atom. The van der Waals surface area contributed by atoms with Gasteiger partial charge in [0.15, 0.2) is 11.5 Å². The number of aromatic hydroxyl groups is 1. The molecule has 1 atom stereocenters. The highest BCUT2D eigenvalue weighted by molar-refractivity contribution is 9.13. The van der Waals surface area contributed by atoms with E-state index in [4.69, 9.17) is 5.73 Å². The molecule has 122 valence electrons. The topological polar surface area (TPSA) is 55.5 Å². The van der Waals surface area contributed by atoms with E-state index in [1.54, 1.807) is 0 Å². The maximum absolute atomic E-state index is 13.3. The fourth-order valence-corrected chi connectivity index (χ4v) is 2.34. The molecule has 1 aromatic carbocycles. The van der Waals surface area contributed by atoms with Crippen LogP contribution in [0.5, 0.6) is 11.5 Å². The first-order valence-corrected chi connectivity index (χ1v) is 6.48. The van der Waals surface area contributed by atoms with Crippen molar-refractivity contribution in [3.63, 3.8) is 0 Å². The number of nitrogens with two attached hydrogens (primary N) is 1. The molecule has 0 heterocycles. The quantitative estimate of drug-likeness (QED) is 0.645. The van der Waals surface area contributed by atoms with Crippen LogP contribution in [0.4, 0.5) is 22.0 Å². The highest BCUT2D eigenvalue weighted by Gasteiger charge is 2.62. The summed E-state index contributed by atoms with van der Waals surface area (Å²) in [6.45, 7) is 0. The van der Waals surface area contributed by atoms with Gasteiger partial charge in [-0.1, -0.05) is 0 Å². The zero-order valence-electron chi connectivity index (χ0n) is 10.1. The molecular weight excluding hydrogens is 456 g/mol. The van der Waals surface area contributed by atoms with E-state index in [-0.39, 0.29) is 27.1 Å². The van der Waals surface area contributed by atoms with Crippen molar-refractivity contribution in [2.24, 2.45) is 5.73 Å². The van der Waals surface area contributed by atoms with E-state index in [0.29, 0.717) is 0 Å². The van der Waals surface area contributed by atoms with Crippen LogP contribution in [0.15, 0.2) is 15.0 Å². The average Bonchev–Trinajstić information content (AvgIpc) is 2.34. The molecule has 0 unspecified atom stereocenters. The molecule has 0 fully saturated rings. The number of hydrogen-bond donors (Lipinski definition) is 2. The highest BCUT2D eigenvalue weighted by Crippen LogP contribution is 2.49. The molecule has 0 saturated carbocycles. The Morgan fingerprint density at radius 3 is 2.05 bits per heavy atom. The van der Waals surface area contributed by atoms with Crippen molar-refractivity contribution in [2.75, 3.05) is 7.11 Å². The molecule has 11 heteroatoms. The minimum atomic E-state index is -5.80. The van der Waals surface area contributed by atoms with Gasteiger partial charge in [0.1, 0.15) is 6.04 Å². The van der Waals surface area contributed by atoms with Crippen LogP contribution >= 0.6 is 44.3 Å². The highest BCUT2D eigenvalue weighted by atomic mass is 79.9. The van der Waals surface area contributed by atoms with Crippen molar-refractivity contribution in [3.05, 3.63) is 20.6 Å². The molecule has 0 aliphatic heterocycles. The van der Waals surface area contributed by atoms with E-state index in [9.17, 15) is 27.1 Å².